The normalized spacial score (nSPS) is 18.3. The highest BCUT2D eigenvalue weighted by molar-refractivity contribution is 5.68. The SMILES string of the molecule is O=Cc1nncn1C1CCCC1. The topological polar surface area (TPSA) is 47.8 Å². The van der Waals surface area contributed by atoms with Crippen LogP contribution in [0.25, 0.3) is 0 Å². The van der Waals surface area contributed by atoms with Crippen LogP contribution in [0.4, 0.5) is 0 Å². The molecule has 2 rings (SSSR count). The average Bonchev–Trinajstić information content (AvgIpc) is 2.74. The molecule has 12 heavy (non-hydrogen) atoms. The summed E-state index contributed by atoms with van der Waals surface area (Å²) in [7, 11) is 0. The summed E-state index contributed by atoms with van der Waals surface area (Å²) < 4.78 is 1.89. The molecule has 1 aromatic heterocycles. The lowest BCUT2D eigenvalue weighted by molar-refractivity contribution is 0.110. The number of carbonyl (C=O) groups is 1. The fourth-order valence-corrected chi connectivity index (χ4v) is 1.80. The molecule has 1 heterocycles. The molecule has 0 aliphatic heterocycles. The van der Waals surface area contributed by atoms with Crippen molar-refractivity contribution >= 4 is 6.29 Å². The Morgan fingerprint density at radius 2 is 2.25 bits per heavy atom. The number of rotatable bonds is 2. The van der Waals surface area contributed by atoms with Crippen molar-refractivity contribution in [3.8, 4) is 0 Å². The van der Waals surface area contributed by atoms with Gasteiger partial charge in [0.05, 0.1) is 0 Å². The molecule has 1 saturated carbocycles. The summed E-state index contributed by atoms with van der Waals surface area (Å²) >= 11 is 0. The first-order valence-corrected chi connectivity index (χ1v) is 4.26. The zero-order valence-electron chi connectivity index (χ0n) is 6.81. The molecular weight excluding hydrogens is 154 g/mol. The van der Waals surface area contributed by atoms with Gasteiger partial charge < -0.3 is 4.57 Å². The van der Waals surface area contributed by atoms with Gasteiger partial charge in [-0.15, -0.1) is 10.2 Å². The van der Waals surface area contributed by atoms with Crippen LogP contribution in [0.2, 0.25) is 0 Å². The quantitative estimate of drug-likeness (QED) is 0.619. The van der Waals surface area contributed by atoms with Crippen LogP contribution in [0.1, 0.15) is 42.3 Å². The lowest BCUT2D eigenvalue weighted by Crippen LogP contribution is -2.07. The van der Waals surface area contributed by atoms with Crippen molar-refractivity contribution in [3.05, 3.63) is 12.2 Å². The molecule has 1 aromatic rings. The van der Waals surface area contributed by atoms with E-state index in [0.717, 1.165) is 19.1 Å². The Hall–Kier alpha value is -1.19. The zero-order chi connectivity index (χ0) is 8.39. The van der Waals surface area contributed by atoms with Gasteiger partial charge in [-0.05, 0) is 12.8 Å². The molecule has 1 aliphatic carbocycles. The number of aldehydes is 1. The van der Waals surface area contributed by atoms with E-state index in [4.69, 9.17) is 0 Å². The average molecular weight is 165 g/mol. The molecule has 0 N–H and O–H groups in total. The van der Waals surface area contributed by atoms with Crippen LogP contribution in [0, 0.1) is 0 Å². The molecular formula is C8H11N3O. The van der Waals surface area contributed by atoms with Crippen LogP contribution < -0.4 is 0 Å². The van der Waals surface area contributed by atoms with Gasteiger partial charge in [0.2, 0.25) is 0 Å². The van der Waals surface area contributed by atoms with Crippen molar-refractivity contribution in [2.24, 2.45) is 0 Å². The first-order valence-electron chi connectivity index (χ1n) is 4.26. The van der Waals surface area contributed by atoms with Crippen LogP contribution in [-0.2, 0) is 0 Å². The summed E-state index contributed by atoms with van der Waals surface area (Å²) in [5, 5.41) is 7.44. The van der Waals surface area contributed by atoms with Crippen molar-refractivity contribution < 1.29 is 4.79 Å². The molecule has 0 radical (unpaired) electrons. The van der Waals surface area contributed by atoms with Gasteiger partial charge >= 0.3 is 0 Å². The summed E-state index contributed by atoms with van der Waals surface area (Å²) in [5.74, 6) is 0.460. The maximum absolute atomic E-state index is 10.5. The number of hydrogen-bond donors (Lipinski definition) is 0. The van der Waals surface area contributed by atoms with Crippen LogP contribution >= 0.6 is 0 Å². The summed E-state index contributed by atoms with van der Waals surface area (Å²) in [6.07, 6.45) is 7.23. The highest BCUT2D eigenvalue weighted by Gasteiger charge is 2.19. The predicted molar refractivity (Wildman–Crippen MR) is 42.9 cm³/mol. The van der Waals surface area contributed by atoms with Gasteiger partial charge in [-0.2, -0.15) is 0 Å². The molecule has 0 unspecified atom stereocenters. The van der Waals surface area contributed by atoms with Crippen molar-refractivity contribution in [2.45, 2.75) is 31.7 Å². The molecule has 4 heteroatoms. The second kappa shape index (κ2) is 3.05. The molecule has 1 aliphatic rings. The molecule has 0 atom stereocenters. The summed E-state index contributed by atoms with van der Waals surface area (Å²) in [6.45, 7) is 0. The molecule has 0 aromatic carbocycles. The number of carbonyl (C=O) groups excluding carboxylic acids is 1. The smallest absolute Gasteiger partial charge is 0.196 e. The second-order valence-electron chi connectivity index (χ2n) is 3.15. The van der Waals surface area contributed by atoms with Gasteiger partial charge in [-0.25, -0.2) is 0 Å². The van der Waals surface area contributed by atoms with E-state index in [2.05, 4.69) is 10.2 Å². The van der Waals surface area contributed by atoms with Crippen molar-refractivity contribution in [1.29, 1.82) is 0 Å². The van der Waals surface area contributed by atoms with Crippen molar-refractivity contribution in [1.82, 2.24) is 14.8 Å². The minimum Gasteiger partial charge on any atom is -0.308 e. The molecule has 64 valence electrons. The van der Waals surface area contributed by atoms with Gasteiger partial charge in [0.15, 0.2) is 12.1 Å². The maximum atomic E-state index is 10.5. The Kier molecular flexibility index (Phi) is 1.89. The van der Waals surface area contributed by atoms with Gasteiger partial charge in [-0.3, -0.25) is 4.79 Å². The monoisotopic (exact) mass is 165 g/mol. The van der Waals surface area contributed by atoms with Crippen molar-refractivity contribution in [3.63, 3.8) is 0 Å². The van der Waals surface area contributed by atoms with E-state index < -0.39 is 0 Å². The largest absolute Gasteiger partial charge is 0.308 e. The number of nitrogens with zero attached hydrogens (tertiary/aromatic N) is 3. The third-order valence-electron chi connectivity index (χ3n) is 2.42. The maximum Gasteiger partial charge on any atom is 0.196 e. The van der Waals surface area contributed by atoms with Gasteiger partial charge in [0.1, 0.15) is 6.33 Å². The van der Waals surface area contributed by atoms with Gasteiger partial charge in [0, 0.05) is 6.04 Å². The molecule has 1 fully saturated rings. The highest BCUT2D eigenvalue weighted by Crippen LogP contribution is 2.29. The Morgan fingerprint density at radius 1 is 1.50 bits per heavy atom. The van der Waals surface area contributed by atoms with Crippen LogP contribution in [0.3, 0.4) is 0 Å². The number of aromatic nitrogens is 3. The van der Waals surface area contributed by atoms with E-state index in [1.54, 1.807) is 6.33 Å². The third-order valence-corrected chi connectivity index (χ3v) is 2.42. The lowest BCUT2D eigenvalue weighted by atomic mass is 10.2. The first-order chi connectivity index (χ1) is 5.92. The molecule has 0 saturated heterocycles. The minimum atomic E-state index is 0.459. The summed E-state index contributed by atoms with van der Waals surface area (Å²) in [4.78, 5) is 10.5. The predicted octanol–water partition coefficient (Wildman–Crippen LogP) is 1.21. The highest BCUT2D eigenvalue weighted by atomic mass is 16.1. The first kappa shape index (κ1) is 7.46. The van der Waals surface area contributed by atoms with E-state index in [9.17, 15) is 4.79 Å². The van der Waals surface area contributed by atoms with Gasteiger partial charge in [0.25, 0.3) is 0 Å². The Morgan fingerprint density at radius 3 is 2.92 bits per heavy atom. The summed E-state index contributed by atoms with van der Waals surface area (Å²) in [5.41, 5.74) is 0. The van der Waals surface area contributed by atoms with Crippen LogP contribution in [0.15, 0.2) is 6.33 Å². The standard InChI is InChI=1S/C8H11N3O/c12-5-8-10-9-6-11(8)7-3-1-2-4-7/h5-7H,1-4H2. The van der Waals surface area contributed by atoms with Gasteiger partial charge in [-0.1, -0.05) is 12.8 Å². The second-order valence-corrected chi connectivity index (χ2v) is 3.15. The van der Waals surface area contributed by atoms with Crippen LogP contribution in [-0.4, -0.2) is 21.1 Å². The fraction of sp³-hybridized carbons (Fsp3) is 0.625. The minimum absolute atomic E-state index is 0.459. The third kappa shape index (κ3) is 1.13. The van der Waals surface area contributed by atoms with E-state index in [1.807, 2.05) is 4.57 Å². The number of hydrogen-bond acceptors (Lipinski definition) is 3. The Bertz CT molecular complexity index is 276. The molecule has 4 nitrogen and oxygen atoms in total. The zero-order valence-corrected chi connectivity index (χ0v) is 6.81. The van der Waals surface area contributed by atoms with E-state index >= 15 is 0 Å². The summed E-state index contributed by atoms with van der Waals surface area (Å²) in [6, 6.07) is 0.459. The van der Waals surface area contributed by atoms with E-state index in [1.165, 1.54) is 12.8 Å². The lowest BCUT2D eigenvalue weighted by Gasteiger charge is -2.10. The molecule has 0 amide bonds. The Balaban J connectivity index is 2.25. The molecule has 0 spiro atoms. The fourth-order valence-electron chi connectivity index (χ4n) is 1.80. The molecule has 0 bridgehead atoms. The van der Waals surface area contributed by atoms with E-state index in [-0.39, 0.29) is 0 Å². The van der Waals surface area contributed by atoms with E-state index in [0.29, 0.717) is 11.9 Å². The van der Waals surface area contributed by atoms with Crippen LogP contribution in [0.5, 0.6) is 0 Å². The van der Waals surface area contributed by atoms with Crippen molar-refractivity contribution in [2.75, 3.05) is 0 Å². The Labute approximate surface area is 70.6 Å².